The number of anilines is 1. The lowest BCUT2D eigenvalue weighted by Crippen LogP contribution is -2.42. The second-order valence-electron chi connectivity index (χ2n) is 4.58. The van der Waals surface area contributed by atoms with Crippen molar-refractivity contribution < 1.29 is 19.1 Å². The number of aromatic nitrogens is 2. The van der Waals surface area contributed by atoms with E-state index in [1.54, 1.807) is 13.0 Å². The summed E-state index contributed by atoms with van der Waals surface area (Å²) in [6.07, 6.45) is 1.16. The number of carbonyl (C=O) groups is 2. The zero-order valence-electron chi connectivity index (χ0n) is 11.1. The van der Waals surface area contributed by atoms with Gasteiger partial charge in [0.2, 0.25) is 0 Å². The van der Waals surface area contributed by atoms with Crippen molar-refractivity contribution in [2.45, 2.75) is 26.6 Å². The van der Waals surface area contributed by atoms with Crippen LogP contribution >= 0.6 is 11.6 Å². The van der Waals surface area contributed by atoms with Crippen LogP contribution in [0.15, 0.2) is 17.8 Å². The Bertz CT molecular complexity index is 591. The molecule has 0 aromatic carbocycles. The van der Waals surface area contributed by atoms with Gasteiger partial charge in [-0.2, -0.15) is 0 Å². The normalized spacial score (nSPS) is 17.3. The summed E-state index contributed by atoms with van der Waals surface area (Å²) in [5, 5.41) is 10.4. The van der Waals surface area contributed by atoms with Crippen molar-refractivity contribution in [2.24, 2.45) is 0 Å². The van der Waals surface area contributed by atoms with Crippen LogP contribution in [0.5, 0.6) is 0 Å². The molecule has 0 amide bonds. The van der Waals surface area contributed by atoms with Gasteiger partial charge < -0.3 is 14.8 Å². The molecular formula is C12H12ClN3O4. The van der Waals surface area contributed by atoms with E-state index in [2.05, 4.69) is 15.5 Å². The van der Waals surface area contributed by atoms with E-state index in [4.69, 9.17) is 21.1 Å². The number of nitrogens with zero attached hydrogens (tertiary/aromatic N) is 2. The zero-order chi connectivity index (χ0) is 14.9. The molecule has 1 aromatic rings. The minimum Gasteiger partial charge on any atom is -0.419 e. The van der Waals surface area contributed by atoms with Crippen LogP contribution in [0.1, 0.15) is 19.4 Å². The molecule has 0 radical (unpaired) electrons. The number of carbonyl (C=O) groups excluding carboxylic acids is 2. The number of ether oxygens (including phenoxy) is 2. The Balaban J connectivity index is 2.17. The second-order valence-corrected chi connectivity index (χ2v) is 4.94. The highest BCUT2D eigenvalue weighted by atomic mass is 35.5. The predicted molar refractivity (Wildman–Crippen MR) is 69.7 cm³/mol. The Morgan fingerprint density at radius 2 is 1.85 bits per heavy atom. The molecule has 106 valence electrons. The predicted octanol–water partition coefficient (Wildman–Crippen LogP) is 1.57. The van der Waals surface area contributed by atoms with Gasteiger partial charge in [-0.3, -0.25) is 0 Å². The summed E-state index contributed by atoms with van der Waals surface area (Å²) < 4.78 is 9.88. The van der Waals surface area contributed by atoms with Crippen LogP contribution in [0, 0.1) is 6.92 Å². The first-order chi connectivity index (χ1) is 9.28. The first-order valence-electron chi connectivity index (χ1n) is 5.72. The van der Waals surface area contributed by atoms with Crippen LogP contribution in [0.25, 0.3) is 0 Å². The van der Waals surface area contributed by atoms with Gasteiger partial charge in [0.1, 0.15) is 0 Å². The fraction of sp³-hybridized carbons (Fsp3) is 0.333. The van der Waals surface area contributed by atoms with Gasteiger partial charge in [0.05, 0.1) is 0 Å². The van der Waals surface area contributed by atoms with Crippen LogP contribution in [0.4, 0.5) is 5.82 Å². The average molecular weight is 298 g/mol. The van der Waals surface area contributed by atoms with Gasteiger partial charge in [0.15, 0.2) is 16.5 Å². The minimum absolute atomic E-state index is 0.251. The van der Waals surface area contributed by atoms with Crippen LogP contribution in [0.3, 0.4) is 0 Å². The third kappa shape index (κ3) is 3.05. The van der Waals surface area contributed by atoms with Gasteiger partial charge >= 0.3 is 11.9 Å². The number of hydrogen-bond acceptors (Lipinski definition) is 7. The number of aryl methyl sites for hydroxylation is 1. The molecule has 0 spiro atoms. The van der Waals surface area contributed by atoms with Crippen molar-refractivity contribution >= 4 is 29.4 Å². The summed E-state index contributed by atoms with van der Waals surface area (Å²) in [5.41, 5.74) is 0.455. The third-order valence-electron chi connectivity index (χ3n) is 2.41. The maximum Gasteiger partial charge on any atom is 0.350 e. The van der Waals surface area contributed by atoms with E-state index < -0.39 is 17.7 Å². The number of nitrogens with one attached hydrogen (secondary N) is 1. The van der Waals surface area contributed by atoms with E-state index in [0.29, 0.717) is 11.4 Å². The molecule has 8 heteroatoms. The van der Waals surface area contributed by atoms with Gasteiger partial charge in [0, 0.05) is 20.0 Å². The average Bonchev–Trinajstić information content (AvgIpc) is 2.31. The van der Waals surface area contributed by atoms with E-state index in [9.17, 15) is 9.59 Å². The van der Waals surface area contributed by atoms with Crippen molar-refractivity contribution in [2.75, 3.05) is 5.32 Å². The van der Waals surface area contributed by atoms with Gasteiger partial charge in [-0.1, -0.05) is 11.6 Å². The quantitative estimate of drug-likeness (QED) is 0.503. The standard InChI is InChI=1S/C12H12ClN3O4/c1-6-4-8(15-16-9(6)13)14-5-7-10(17)19-12(2,3)20-11(7)18/h4-5H,1-3H3,(H,14,15). The van der Waals surface area contributed by atoms with Crippen molar-refractivity contribution in [3.8, 4) is 0 Å². The maximum atomic E-state index is 11.7. The van der Waals surface area contributed by atoms with Gasteiger partial charge in [0.25, 0.3) is 5.79 Å². The van der Waals surface area contributed by atoms with Crippen LogP contribution in [-0.4, -0.2) is 27.9 Å². The van der Waals surface area contributed by atoms with E-state index >= 15 is 0 Å². The fourth-order valence-electron chi connectivity index (χ4n) is 1.47. The van der Waals surface area contributed by atoms with Crippen molar-refractivity contribution in [3.05, 3.63) is 28.6 Å². The van der Waals surface area contributed by atoms with E-state index in [-0.39, 0.29) is 10.7 Å². The second kappa shape index (κ2) is 5.09. The lowest BCUT2D eigenvalue weighted by Gasteiger charge is -2.29. The van der Waals surface area contributed by atoms with Crippen molar-refractivity contribution in [1.82, 2.24) is 10.2 Å². The number of cyclic esters (lactones) is 2. The first-order valence-corrected chi connectivity index (χ1v) is 6.09. The monoisotopic (exact) mass is 297 g/mol. The molecule has 0 aliphatic carbocycles. The molecule has 2 heterocycles. The van der Waals surface area contributed by atoms with Crippen LogP contribution < -0.4 is 5.32 Å². The first kappa shape index (κ1) is 14.3. The van der Waals surface area contributed by atoms with E-state index in [0.717, 1.165) is 6.20 Å². The van der Waals surface area contributed by atoms with Crippen molar-refractivity contribution in [3.63, 3.8) is 0 Å². The Morgan fingerprint density at radius 3 is 2.40 bits per heavy atom. The van der Waals surface area contributed by atoms with E-state index in [1.807, 2.05) is 0 Å². The highest BCUT2D eigenvalue weighted by molar-refractivity contribution is 6.30. The summed E-state index contributed by atoms with van der Waals surface area (Å²) in [5.74, 6) is -2.46. The summed E-state index contributed by atoms with van der Waals surface area (Å²) in [4.78, 5) is 23.3. The molecule has 0 saturated carbocycles. The summed E-state index contributed by atoms with van der Waals surface area (Å²) in [7, 11) is 0. The van der Waals surface area contributed by atoms with Crippen molar-refractivity contribution in [1.29, 1.82) is 0 Å². The number of hydrogen-bond donors (Lipinski definition) is 1. The Labute approximate surface area is 119 Å². The molecule has 1 N–H and O–H groups in total. The van der Waals surface area contributed by atoms with Crippen LogP contribution in [-0.2, 0) is 19.1 Å². The van der Waals surface area contributed by atoms with Gasteiger partial charge in [-0.05, 0) is 18.6 Å². The molecule has 1 aliphatic rings. The largest absolute Gasteiger partial charge is 0.419 e. The zero-order valence-corrected chi connectivity index (χ0v) is 11.8. The fourth-order valence-corrected chi connectivity index (χ4v) is 1.56. The number of esters is 2. The highest BCUT2D eigenvalue weighted by Gasteiger charge is 2.38. The van der Waals surface area contributed by atoms with Crippen LogP contribution in [0.2, 0.25) is 5.15 Å². The van der Waals surface area contributed by atoms with Gasteiger partial charge in [-0.25, -0.2) is 9.59 Å². The molecule has 20 heavy (non-hydrogen) atoms. The molecule has 0 unspecified atom stereocenters. The molecule has 1 aliphatic heterocycles. The SMILES string of the molecule is Cc1cc(NC=C2C(=O)OC(C)(C)OC2=O)nnc1Cl. The lowest BCUT2D eigenvalue weighted by atomic mass is 10.2. The highest BCUT2D eigenvalue weighted by Crippen LogP contribution is 2.22. The smallest absolute Gasteiger partial charge is 0.350 e. The minimum atomic E-state index is -1.26. The summed E-state index contributed by atoms with van der Waals surface area (Å²) in [6, 6.07) is 1.62. The maximum absolute atomic E-state index is 11.7. The topological polar surface area (TPSA) is 90.4 Å². The number of rotatable bonds is 2. The Morgan fingerprint density at radius 1 is 1.25 bits per heavy atom. The summed E-state index contributed by atoms with van der Waals surface area (Å²) in [6.45, 7) is 4.70. The Kier molecular flexibility index (Phi) is 3.63. The molecule has 7 nitrogen and oxygen atoms in total. The number of halogens is 1. The third-order valence-corrected chi connectivity index (χ3v) is 2.78. The molecule has 2 rings (SSSR count). The Hall–Kier alpha value is -2.15. The van der Waals surface area contributed by atoms with Gasteiger partial charge in [-0.15, -0.1) is 10.2 Å². The molecule has 1 aromatic heterocycles. The molecule has 1 fully saturated rings. The van der Waals surface area contributed by atoms with E-state index in [1.165, 1.54) is 13.8 Å². The molecular weight excluding hydrogens is 286 g/mol. The molecule has 1 saturated heterocycles. The lowest BCUT2D eigenvalue weighted by molar-refractivity contribution is -0.222. The summed E-state index contributed by atoms with van der Waals surface area (Å²) >= 11 is 5.74. The molecule has 0 bridgehead atoms. The molecule has 0 atom stereocenters.